The number of benzene rings is 2. The van der Waals surface area contributed by atoms with E-state index in [1.165, 1.54) is 10.9 Å². The first kappa shape index (κ1) is 19.0. The van der Waals surface area contributed by atoms with Crippen molar-refractivity contribution >= 4 is 17.0 Å². The predicted octanol–water partition coefficient (Wildman–Crippen LogP) is 5.54. The molecular weight excluding hydrogens is 336 g/mol. The summed E-state index contributed by atoms with van der Waals surface area (Å²) in [6, 6.07) is 18.4. The Morgan fingerprint density at radius 3 is 2.48 bits per heavy atom. The molecule has 0 fully saturated rings. The van der Waals surface area contributed by atoms with E-state index in [0.717, 1.165) is 23.9 Å². The molecule has 142 valence electrons. The molecule has 0 radical (unpaired) electrons. The molecule has 1 heterocycles. The van der Waals surface area contributed by atoms with Gasteiger partial charge in [0.15, 0.2) is 0 Å². The monoisotopic (exact) mass is 364 g/mol. The molecule has 4 nitrogen and oxygen atoms in total. The Labute approximate surface area is 161 Å². The van der Waals surface area contributed by atoms with Crippen molar-refractivity contribution in [2.75, 3.05) is 6.54 Å². The van der Waals surface area contributed by atoms with Gasteiger partial charge in [0.2, 0.25) is 0 Å². The number of hydrogen-bond donors (Lipinski definition) is 1. The van der Waals surface area contributed by atoms with E-state index in [1.54, 1.807) is 4.90 Å². The minimum absolute atomic E-state index is 0.259. The first-order valence-electron chi connectivity index (χ1n) is 9.49. The molecule has 4 heteroatoms. The Bertz CT molecular complexity index is 878. The zero-order valence-corrected chi connectivity index (χ0v) is 16.4. The highest BCUT2D eigenvalue weighted by Gasteiger charge is 2.22. The van der Waals surface area contributed by atoms with Gasteiger partial charge in [-0.15, -0.1) is 0 Å². The lowest BCUT2D eigenvalue weighted by Crippen LogP contribution is -2.37. The van der Waals surface area contributed by atoms with E-state index in [9.17, 15) is 4.79 Å². The van der Waals surface area contributed by atoms with Crippen LogP contribution in [0.15, 0.2) is 60.8 Å². The van der Waals surface area contributed by atoms with Crippen LogP contribution in [0, 0.1) is 0 Å². The number of nitrogens with one attached hydrogen (secondary N) is 1. The number of carbonyl (C=O) groups excluding carboxylic acids is 1. The van der Waals surface area contributed by atoms with Crippen LogP contribution in [0.3, 0.4) is 0 Å². The number of H-pyrrole nitrogens is 1. The molecule has 3 aromatic rings. The number of aryl methyl sites for hydroxylation is 1. The van der Waals surface area contributed by atoms with Crippen LogP contribution in [-0.4, -0.2) is 28.1 Å². The molecule has 0 aliphatic carbocycles. The van der Waals surface area contributed by atoms with E-state index in [4.69, 9.17) is 4.74 Å². The zero-order chi connectivity index (χ0) is 19.3. The summed E-state index contributed by atoms with van der Waals surface area (Å²) in [5.41, 5.74) is 3.05. The van der Waals surface area contributed by atoms with Gasteiger partial charge in [0, 0.05) is 30.2 Å². The second-order valence-corrected chi connectivity index (χ2v) is 7.85. The maximum absolute atomic E-state index is 12.7. The van der Waals surface area contributed by atoms with Crippen LogP contribution < -0.4 is 0 Å². The highest BCUT2D eigenvalue weighted by molar-refractivity contribution is 5.83. The summed E-state index contributed by atoms with van der Waals surface area (Å²) in [5, 5.41) is 1.25. The molecule has 0 bridgehead atoms. The van der Waals surface area contributed by atoms with Crippen LogP contribution in [-0.2, 0) is 17.7 Å². The molecule has 0 saturated heterocycles. The summed E-state index contributed by atoms with van der Waals surface area (Å²) in [6.45, 7) is 6.92. The van der Waals surface area contributed by atoms with Crippen molar-refractivity contribution in [3.8, 4) is 0 Å². The van der Waals surface area contributed by atoms with E-state index in [2.05, 4.69) is 29.4 Å². The maximum Gasteiger partial charge on any atom is 0.410 e. The van der Waals surface area contributed by atoms with E-state index in [-0.39, 0.29) is 6.09 Å². The van der Waals surface area contributed by atoms with Gasteiger partial charge in [-0.3, -0.25) is 0 Å². The highest BCUT2D eigenvalue weighted by atomic mass is 16.6. The van der Waals surface area contributed by atoms with Crippen molar-refractivity contribution in [3.63, 3.8) is 0 Å². The number of amides is 1. The first-order chi connectivity index (χ1) is 12.9. The third-order valence-corrected chi connectivity index (χ3v) is 4.42. The third kappa shape index (κ3) is 5.36. The molecular formula is C23H28N2O2. The summed E-state index contributed by atoms with van der Waals surface area (Å²) in [7, 11) is 0. The van der Waals surface area contributed by atoms with Gasteiger partial charge in [-0.1, -0.05) is 48.5 Å². The zero-order valence-electron chi connectivity index (χ0n) is 16.4. The number of nitrogens with zero attached hydrogens (tertiary/aromatic N) is 1. The van der Waals surface area contributed by atoms with Crippen LogP contribution in [0.1, 0.15) is 38.3 Å². The summed E-state index contributed by atoms with van der Waals surface area (Å²) < 4.78 is 5.61. The standard InChI is InChI=1S/C23H28N2O2/c1-23(2,3)27-22(26)25(17-18-10-5-4-6-11-18)15-9-12-19-16-24-21-14-8-7-13-20(19)21/h4-8,10-11,13-14,16,24H,9,12,15,17H2,1-3H3. The van der Waals surface area contributed by atoms with Crippen molar-refractivity contribution in [1.29, 1.82) is 0 Å². The van der Waals surface area contributed by atoms with Gasteiger partial charge in [0.1, 0.15) is 5.60 Å². The average Bonchev–Trinajstić information content (AvgIpc) is 3.04. The Balaban J connectivity index is 1.66. The van der Waals surface area contributed by atoms with Gasteiger partial charge in [-0.2, -0.15) is 0 Å². The minimum Gasteiger partial charge on any atom is -0.444 e. The molecule has 0 unspecified atom stereocenters. The van der Waals surface area contributed by atoms with Gasteiger partial charge in [0.05, 0.1) is 0 Å². The van der Waals surface area contributed by atoms with Crippen LogP contribution >= 0.6 is 0 Å². The van der Waals surface area contributed by atoms with Crippen molar-refractivity contribution in [2.24, 2.45) is 0 Å². The van der Waals surface area contributed by atoms with E-state index >= 15 is 0 Å². The smallest absolute Gasteiger partial charge is 0.410 e. The number of rotatable bonds is 6. The molecule has 0 saturated carbocycles. The second-order valence-electron chi connectivity index (χ2n) is 7.85. The quantitative estimate of drug-likeness (QED) is 0.624. The van der Waals surface area contributed by atoms with Crippen molar-refractivity contribution in [1.82, 2.24) is 9.88 Å². The van der Waals surface area contributed by atoms with Crippen LogP contribution in [0.2, 0.25) is 0 Å². The van der Waals surface area contributed by atoms with Crippen molar-refractivity contribution in [2.45, 2.75) is 45.8 Å². The lowest BCUT2D eigenvalue weighted by Gasteiger charge is -2.27. The van der Waals surface area contributed by atoms with E-state index in [1.807, 2.05) is 57.2 Å². The molecule has 3 rings (SSSR count). The molecule has 1 aromatic heterocycles. The Morgan fingerprint density at radius 2 is 1.74 bits per heavy atom. The van der Waals surface area contributed by atoms with Crippen molar-refractivity contribution < 1.29 is 9.53 Å². The normalized spacial score (nSPS) is 11.5. The minimum atomic E-state index is -0.497. The van der Waals surface area contributed by atoms with Gasteiger partial charge in [-0.05, 0) is 50.8 Å². The van der Waals surface area contributed by atoms with Gasteiger partial charge < -0.3 is 14.6 Å². The fraction of sp³-hybridized carbons (Fsp3) is 0.348. The lowest BCUT2D eigenvalue weighted by molar-refractivity contribution is 0.0231. The Morgan fingerprint density at radius 1 is 1.04 bits per heavy atom. The molecule has 27 heavy (non-hydrogen) atoms. The van der Waals surface area contributed by atoms with Crippen LogP contribution in [0.5, 0.6) is 0 Å². The molecule has 0 aliphatic rings. The van der Waals surface area contributed by atoms with Crippen molar-refractivity contribution in [3.05, 3.63) is 71.9 Å². The predicted molar refractivity (Wildman–Crippen MR) is 110 cm³/mol. The maximum atomic E-state index is 12.7. The topological polar surface area (TPSA) is 45.3 Å². The summed E-state index contributed by atoms with van der Waals surface area (Å²) >= 11 is 0. The molecule has 0 aliphatic heterocycles. The van der Waals surface area contributed by atoms with E-state index < -0.39 is 5.60 Å². The molecule has 0 spiro atoms. The number of fused-ring (bicyclic) bond motifs is 1. The molecule has 1 amide bonds. The fourth-order valence-corrected chi connectivity index (χ4v) is 3.16. The second kappa shape index (κ2) is 8.30. The first-order valence-corrected chi connectivity index (χ1v) is 9.49. The summed E-state index contributed by atoms with van der Waals surface area (Å²) in [5.74, 6) is 0. The summed E-state index contributed by atoms with van der Waals surface area (Å²) in [4.78, 5) is 17.8. The molecule has 0 atom stereocenters. The number of aromatic amines is 1. The number of hydrogen-bond acceptors (Lipinski definition) is 2. The fourth-order valence-electron chi connectivity index (χ4n) is 3.16. The van der Waals surface area contributed by atoms with E-state index in [0.29, 0.717) is 13.1 Å². The number of para-hydroxylation sites is 1. The van der Waals surface area contributed by atoms with Gasteiger partial charge in [-0.25, -0.2) is 4.79 Å². The van der Waals surface area contributed by atoms with Gasteiger partial charge in [0.25, 0.3) is 0 Å². The van der Waals surface area contributed by atoms with Crippen LogP contribution in [0.25, 0.3) is 10.9 Å². The highest BCUT2D eigenvalue weighted by Crippen LogP contribution is 2.20. The number of aromatic nitrogens is 1. The SMILES string of the molecule is CC(C)(C)OC(=O)N(CCCc1c[nH]c2ccccc12)Cc1ccccc1. The largest absolute Gasteiger partial charge is 0.444 e. The van der Waals surface area contributed by atoms with Gasteiger partial charge >= 0.3 is 6.09 Å². The average molecular weight is 364 g/mol. The number of ether oxygens (including phenoxy) is 1. The Hall–Kier alpha value is -2.75. The lowest BCUT2D eigenvalue weighted by atomic mass is 10.1. The molecule has 2 aromatic carbocycles. The third-order valence-electron chi connectivity index (χ3n) is 4.42. The van der Waals surface area contributed by atoms with Crippen LogP contribution in [0.4, 0.5) is 4.79 Å². The Kier molecular flexibility index (Phi) is 5.84. The number of carbonyl (C=O) groups is 1. The summed E-state index contributed by atoms with van der Waals surface area (Å²) in [6.07, 6.45) is 3.61. The molecule has 1 N–H and O–H groups in total.